The minimum atomic E-state index is 0.992. The Morgan fingerprint density at radius 2 is 1.89 bits per heavy atom. The molecule has 0 fully saturated rings. The Balaban J connectivity index is 2.33. The highest BCUT2D eigenvalue weighted by atomic mass is 15.1. The summed E-state index contributed by atoms with van der Waals surface area (Å²) in [6, 6.07) is 10.7. The SMILES string of the molecule is CCN(CC)C(=CC1=NCCCC1)c1ccccc1. The summed E-state index contributed by atoms with van der Waals surface area (Å²) in [4.78, 5) is 7.07. The van der Waals surface area contributed by atoms with Crippen molar-refractivity contribution >= 4 is 11.4 Å². The van der Waals surface area contributed by atoms with Gasteiger partial charge in [0.2, 0.25) is 0 Å². The largest absolute Gasteiger partial charge is 0.372 e. The molecule has 1 aliphatic rings. The van der Waals surface area contributed by atoms with E-state index in [1.165, 1.54) is 29.8 Å². The monoisotopic (exact) mass is 256 g/mol. The van der Waals surface area contributed by atoms with Gasteiger partial charge in [-0.25, -0.2) is 0 Å². The van der Waals surface area contributed by atoms with Gasteiger partial charge in [0.15, 0.2) is 0 Å². The van der Waals surface area contributed by atoms with E-state index in [-0.39, 0.29) is 0 Å². The Morgan fingerprint density at radius 1 is 1.16 bits per heavy atom. The van der Waals surface area contributed by atoms with Crippen LogP contribution in [0.1, 0.15) is 38.7 Å². The molecule has 0 bridgehead atoms. The molecule has 102 valence electrons. The van der Waals surface area contributed by atoms with E-state index in [9.17, 15) is 0 Å². The first-order valence-corrected chi connectivity index (χ1v) is 7.40. The quantitative estimate of drug-likeness (QED) is 0.777. The second-order valence-electron chi connectivity index (χ2n) is 4.90. The number of allylic oxidation sites excluding steroid dienone is 1. The summed E-state index contributed by atoms with van der Waals surface area (Å²) < 4.78 is 0. The molecule has 1 heterocycles. The second kappa shape index (κ2) is 7.13. The van der Waals surface area contributed by atoms with Crippen molar-refractivity contribution in [3.63, 3.8) is 0 Å². The number of benzene rings is 1. The van der Waals surface area contributed by atoms with Crippen LogP contribution in [0, 0.1) is 0 Å². The number of nitrogens with zero attached hydrogens (tertiary/aromatic N) is 2. The summed E-state index contributed by atoms with van der Waals surface area (Å²) in [7, 11) is 0. The Bertz CT molecular complexity index is 442. The van der Waals surface area contributed by atoms with E-state index in [1.807, 2.05) is 0 Å². The lowest BCUT2D eigenvalue weighted by molar-refractivity contribution is 0.442. The Kier molecular flexibility index (Phi) is 5.20. The maximum Gasteiger partial charge on any atom is 0.0457 e. The van der Waals surface area contributed by atoms with Crippen molar-refractivity contribution in [1.29, 1.82) is 0 Å². The second-order valence-corrected chi connectivity index (χ2v) is 4.90. The van der Waals surface area contributed by atoms with Gasteiger partial charge in [-0.2, -0.15) is 0 Å². The van der Waals surface area contributed by atoms with Crippen LogP contribution in [0.15, 0.2) is 41.4 Å². The number of aliphatic imine (C=N–C) groups is 1. The lowest BCUT2D eigenvalue weighted by Gasteiger charge is -2.25. The fraction of sp³-hybridized carbons (Fsp3) is 0.471. The molecule has 0 aliphatic carbocycles. The molecule has 2 rings (SSSR count). The molecule has 0 aromatic heterocycles. The number of hydrogen-bond donors (Lipinski definition) is 0. The van der Waals surface area contributed by atoms with E-state index in [2.05, 4.69) is 60.1 Å². The van der Waals surface area contributed by atoms with Crippen molar-refractivity contribution in [2.45, 2.75) is 33.1 Å². The van der Waals surface area contributed by atoms with Crippen LogP contribution in [0.25, 0.3) is 5.70 Å². The molecular weight excluding hydrogens is 232 g/mol. The van der Waals surface area contributed by atoms with Gasteiger partial charge in [-0.3, -0.25) is 4.99 Å². The molecule has 0 spiro atoms. The molecule has 0 unspecified atom stereocenters. The summed E-state index contributed by atoms with van der Waals surface area (Å²) in [5.41, 5.74) is 3.86. The zero-order chi connectivity index (χ0) is 13.5. The Hall–Kier alpha value is -1.57. The van der Waals surface area contributed by atoms with Crippen molar-refractivity contribution < 1.29 is 0 Å². The molecule has 0 radical (unpaired) electrons. The van der Waals surface area contributed by atoms with E-state index >= 15 is 0 Å². The highest BCUT2D eigenvalue weighted by Gasteiger charge is 2.11. The van der Waals surface area contributed by atoms with E-state index in [1.54, 1.807) is 0 Å². The first-order chi connectivity index (χ1) is 9.35. The normalized spacial score (nSPS) is 16.1. The summed E-state index contributed by atoms with van der Waals surface area (Å²) in [5, 5.41) is 0. The minimum Gasteiger partial charge on any atom is -0.372 e. The Labute approximate surface area is 116 Å². The molecule has 0 amide bonds. The maximum atomic E-state index is 4.66. The molecule has 2 heteroatoms. The topological polar surface area (TPSA) is 15.6 Å². The van der Waals surface area contributed by atoms with Crippen molar-refractivity contribution in [3.05, 3.63) is 42.0 Å². The van der Waals surface area contributed by atoms with E-state index < -0.39 is 0 Å². The third kappa shape index (κ3) is 3.69. The van der Waals surface area contributed by atoms with Gasteiger partial charge in [0.25, 0.3) is 0 Å². The highest BCUT2D eigenvalue weighted by molar-refractivity contribution is 6.00. The molecule has 0 atom stereocenters. The highest BCUT2D eigenvalue weighted by Crippen LogP contribution is 2.20. The van der Waals surface area contributed by atoms with Crippen molar-refractivity contribution in [3.8, 4) is 0 Å². The molecule has 0 N–H and O–H groups in total. The Morgan fingerprint density at radius 3 is 2.47 bits per heavy atom. The van der Waals surface area contributed by atoms with Gasteiger partial charge >= 0.3 is 0 Å². The molecule has 1 aromatic rings. The van der Waals surface area contributed by atoms with E-state index in [0.717, 1.165) is 26.1 Å². The van der Waals surface area contributed by atoms with E-state index in [4.69, 9.17) is 0 Å². The fourth-order valence-electron chi connectivity index (χ4n) is 2.53. The van der Waals surface area contributed by atoms with E-state index in [0.29, 0.717) is 0 Å². The summed E-state index contributed by atoms with van der Waals surface area (Å²) in [6.07, 6.45) is 5.93. The lowest BCUT2D eigenvalue weighted by atomic mass is 10.0. The van der Waals surface area contributed by atoms with Gasteiger partial charge in [0.05, 0.1) is 0 Å². The zero-order valence-corrected chi connectivity index (χ0v) is 12.1. The fourth-order valence-corrected chi connectivity index (χ4v) is 2.53. The number of hydrogen-bond acceptors (Lipinski definition) is 2. The van der Waals surface area contributed by atoms with Gasteiger partial charge in [-0.1, -0.05) is 30.3 Å². The molecule has 1 aromatic carbocycles. The zero-order valence-electron chi connectivity index (χ0n) is 12.1. The lowest BCUT2D eigenvalue weighted by Crippen LogP contribution is -2.22. The van der Waals surface area contributed by atoms with Crippen LogP contribution in [0.4, 0.5) is 0 Å². The summed E-state index contributed by atoms with van der Waals surface area (Å²) >= 11 is 0. The first-order valence-electron chi connectivity index (χ1n) is 7.40. The summed E-state index contributed by atoms with van der Waals surface area (Å²) in [6.45, 7) is 7.48. The maximum absolute atomic E-state index is 4.66. The number of rotatable bonds is 5. The smallest absolute Gasteiger partial charge is 0.0457 e. The van der Waals surface area contributed by atoms with Gasteiger partial charge in [0, 0.05) is 31.0 Å². The molecular formula is C17H24N2. The first kappa shape index (κ1) is 13.9. The van der Waals surface area contributed by atoms with Gasteiger partial charge in [0.1, 0.15) is 0 Å². The molecule has 1 aliphatic heterocycles. The predicted octanol–water partition coefficient (Wildman–Crippen LogP) is 3.99. The van der Waals surface area contributed by atoms with Crippen molar-refractivity contribution in [2.24, 2.45) is 4.99 Å². The predicted molar refractivity (Wildman–Crippen MR) is 83.5 cm³/mol. The average molecular weight is 256 g/mol. The third-order valence-electron chi connectivity index (χ3n) is 3.63. The van der Waals surface area contributed by atoms with Crippen LogP contribution in [-0.4, -0.2) is 30.2 Å². The molecule has 0 saturated carbocycles. The standard InChI is InChI=1S/C17H24N2/c1-3-19(4-2)17(15-10-6-5-7-11-15)14-16-12-8-9-13-18-16/h5-7,10-11,14H,3-4,8-9,12-13H2,1-2H3. The molecule has 0 saturated heterocycles. The van der Waals surface area contributed by atoms with Gasteiger partial charge in [-0.15, -0.1) is 0 Å². The van der Waals surface area contributed by atoms with Crippen LogP contribution < -0.4 is 0 Å². The van der Waals surface area contributed by atoms with Gasteiger partial charge in [-0.05, 0) is 44.7 Å². The van der Waals surface area contributed by atoms with Crippen LogP contribution in [0.5, 0.6) is 0 Å². The molecule has 19 heavy (non-hydrogen) atoms. The van der Waals surface area contributed by atoms with Crippen LogP contribution in [-0.2, 0) is 0 Å². The van der Waals surface area contributed by atoms with Crippen LogP contribution in [0.2, 0.25) is 0 Å². The van der Waals surface area contributed by atoms with Crippen LogP contribution in [0.3, 0.4) is 0 Å². The molecule has 2 nitrogen and oxygen atoms in total. The third-order valence-corrected chi connectivity index (χ3v) is 3.63. The van der Waals surface area contributed by atoms with Crippen molar-refractivity contribution in [1.82, 2.24) is 4.90 Å². The van der Waals surface area contributed by atoms with Gasteiger partial charge < -0.3 is 4.90 Å². The van der Waals surface area contributed by atoms with Crippen molar-refractivity contribution in [2.75, 3.05) is 19.6 Å². The minimum absolute atomic E-state index is 0.992. The van der Waals surface area contributed by atoms with Crippen LogP contribution >= 0.6 is 0 Å². The summed E-state index contributed by atoms with van der Waals surface area (Å²) in [5.74, 6) is 0. The average Bonchev–Trinajstić information content (AvgIpc) is 2.49.